The number of amides is 2. The minimum absolute atomic E-state index is 0.0291. The molecule has 54 heavy (non-hydrogen) atoms. The second-order valence-electron chi connectivity index (χ2n) is 11.3. The Kier molecular flexibility index (Phi) is 9.66. The van der Waals surface area contributed by atoms with Gasteiger partial charge in [0.2, 0.25) is 11.9 Å². The molecule has 268 valence electrons. The SMILES string of the molecule is Cc1nc(NC(=O)c2cc(Nc3ccccc3Cc3nc(NC(=O)c4ncccc4C(F)(F)F)nc(-c4ccccn4)n3)n[nH]2)nc(-c2ccccn2)n1. The van der Waals surface area contributed by atoms with Crippen LogP contribution in [0.1, 0.15) is 43.8 Å². The molecule has 2 amide bonds. The van der Waals surface area contributed by atoms with E-state index in [1.807, 2.05) is 0 Å². The van der Waals surface area contributed by atoms with Crippen molar-refractivity contribution in [3.63, 3.8) is 0 Å². The lowest BCUT2D eigenvalue weighted by atomic mass is 10.1. The molecule has 7 aromatic rings. The van der Waals surface area contributed by atoms with Crippen molar-refractivity contribution < 1.29 is 22.8 Å². The maximum absolute atomic E-state index is 13.6. The van der Waals surface area contributed by atoms with Crippen LogP contribution in [-0.2, 0) is 12.6 Å². The van der Waals surface area contributed by atoms with Crippen LogP contribution in [0.5, 0.6) is 0 Å². The first-order valence-electron chi connectivity index (χ1n) is 15.9. The third-order valence-electron chi connectivity index (χ3n) is 7.45. The largest absolute Gasteiger partial charge is 0.418 e. The Morgan fingerprint density at radius 1 is 0.704 bits per heavy atom. The molecule has 0 aliphatic rings. The molecule has 1 aromatic carbocycles. The van der Waals surface area contributed by atoms with Gasteiger partial charge in [0.1, 0.15) is 34.4 Å². The van der Waals surface area contributed by atoms with Gasteiger partial charge in [-0.1, -0.05) is 30.3 Å². The van der Waals surface area contributed by atoms with E-state index < -0.39 is 29.2 Å². The van der Waals surface area contributed by atoms with Crippen LogP contribution in [0.4, 0.5) is 36.6 Å². The standard InChI is InChI=1S/C35H25F3N14O2/c1-19-42-29(23-12-4-6-14-39-23)47-33(43-19)49-31(53)25-18-27(52-51-25)44-22-11-3-2-9-20(22)17-26-45-30(24-13-5-7-15-40-24)48-34(46-26)50-32(54)28-21(35(36,37)38)10-8-16-41-28/h2-16,18H,17H2,1H3,(H2,44,51,52)(H,42,43,47,49,53)(H,45,46,48,50,54). The molecule has 6 heterocycles. The number of carbonyl (C=O) groups is 2. The van der Waals surface area contributed by atoms with Gasteiger partial charge in [-0.2, -0.15) is 38.2 Å². The normalized spacial score (nSPS) is 11.2. The van der Waals surface area contributed by atoms with Crippen molar-refractivity contribution in [2.45, 2.75) is 19.5 Å². The van der Waals surface area contributed by atoms with Crippen molar-refractivity contribution in [1.82, 2.24) is 55.1 Å². The summed E-state index contributed by atoms with van der Waals surface area (Å²) in [6.45, 7) is 1.67. The van der Waals surface area contributed by atoms with Crippen molar-refractivity contribution in [2.24, 2.45) is 0 Å². The van der Waals surface area contributed by atoms with Crippen molar-refractivity contribution in [3.05, 3.63) is 132 Å². The molecule has 16 nitrogen and oxygen atoms in total. The number of H-pyrrole nitrogens is 1. The van der Waals surface area contributed by atoms with E-state index in [0.717, 1.165) is 18.3 Å². The van der Waals surface area contributed by atoms with Crippen molar-refractivity contribution in [3.8, 4) is 23.0 Å². The first kappa shape index (κ1) is 34.9. The molecule has 0 saturated carbocycles. The average molecular weight is 731 g/mol. The molecular formula is C35H25F3N14O2. The highest BCUT2D eigenvalue weighted by molar-refractivity contribution is 6.03. The zero-order chi connectivity index (χ0) is 37.7. The minimum atomic E-state index is -4.82. The van der Waals surface area contributed by atoms with E-state index in [-0.39, 0.29) is 35.7 Å². The smallest absolute Gasteiger partial charge is 0.338 e. The predicted octanol–water partition coefficient (Wildman–Crippen LogP) is 5.46. The summed E-state index contributed by atoms with van der Waals surface area (Å²) in [5, 5.41) is 15.0. The average Bonchev–Trinajstić information content (AvgIpc) is 3.64. The number of alkyl halides is 3. The van der Waals surface area contributed by atoms with Gasteiger partial charge in [-0.25, -0.2) is 9.97 Å². The molecule has 0 spiro atoms. The summed E-state index contributed by atoms with van der Waals surface area (Å²) in [7, 11) is 0. The topological polar surface area (TPSA) is 215 Å². The molecule has 0 aliphatic heterocycles. The molecule has 0 atom stereocenters. The van der Waals surface area contributed by atoms with Crippen molar-refractivity contribution in [2.75, 3.05) is 16.0 Å². The van der Waals surface area contributed by atoms with E-state index in [1.165, 1.54) is 12.3 Å². The van der Waals surface area contributed by atoms with Gasteiger partial charge in [-0.15, -0.1) is 0 Å². The first-order chi connectivity index (χ1) is 26.1. The molecule has 19 heteroatoms. The predicted molar refractivity (Wildman–Crippen MR) is 187 cm³/mol. The number of para-hydroxylation sites is 1. The summed E-state index contributed by atoms with van der Waals surface area (Å²) in [6, 6.07) is 20.8. The van der Waals surface area contributed by atoms with E-state index in [2.05, 4.69) is 71.0 Å². The van der Waals surface area contributed by atoms with E-state index in [4.69, 9.17) is 0 Å². The van der Waals surface area contributed by atoms with Crippen LogP contribution >= 0.6 is 0 Å². The number of carbonyl (C=O) groups excluding carboxylic acids is 2. The fourth-order valence-corrected chi connectivity index (χ4v) is 5.06. The number of pyridine rings is 3. The quantitative estimate of drug-likeness (QED) is 0.138. The number of nitrogens with zero attached hydrogens (tertiary/aromatic N) is 10. The van der Waals surface area contributed by atoms with Gasteiger partial charge >= 0.3 is 6.18 Å². The number of aryl methyl sites for hydroxylation is 1. The number of nitrogens with one attached hydrogen (secondary N) is 4. The number of halogens is 3. The maximum Gasteiger partial charge on any atom is 0.418 e. The molecule has 4 N–H and O–H groups in total. The van der Waals surface area contributed by atoms with Crippen molar-refractivity contribution >= 4 is 35.2 Å². The van der Waals surface area contributed by atoms with Gasteiger partial charge in [0.15, 0.2) is 17.5 Å². The molecule has 0 saturated heterocycles. The Morgan fingerprint density at radius 2 is 1.35 bits per heavy atom. The highest BCUT2D eigenvalue weighted by Crippen LogP contribution is 2.31. The van der Waals surface area contributed by atoms with Gasteiger partial charge < -0.3 is 5.32 Å². The third-order valence-corrected chi connectivity index (χ3v) is 7.45. The zero-order valence-electron chi connectivity index (χ0n) is 27.9. The number of rotatable bonds is 10. The highest BCUT2D eigenvalue weighted by Gasteiger charge is 2.36. The lowest BCUT2D eigenvalue weighted by Crippen LogP contribution is -2.22. The third kappa shape index (κ3) is 8.15. The molecule has 6 aromatic heterocycles. The van der Waals surface area contributed by atoms with E-state index in [0.29, 0.717) is 40.1 Å². The van der Waals surface area contributed by atoms with Gasteiger partial charge in [-0.3, -0.25) is 40.3 Å². The van der Waals surface area contributed by atoms with Gasteiger partial charge in [-0.05, 0) is 55.0 Å². The molecule has 0 aliphatic carbocycles. The van der Waals surface area contributed by atoms with E-state index >= 15 is 0 Å². The minimum Gasteiger partial charge on any atom is -0.338 e. The van der Waals surface area contributed by atoms with Gasteiger partial charge in [0, 0.05) is 36.8 Å². The fraction of sp³-hybridized carbons (Fsp3) is 0.0857. The fourth-order valence-electron chi connectivity index (χ4n) is 5.06. The number of anilines is 4. The molecule has 0 radical (unpaired) electrons. The monoisotopic (exact) mass is 730 g/mol. The van der Waals surface area contributed by atoms with Gasteiger partial charge in [0.25, 0.3) is 11.8 Å². The van der Waals surface area contributed by atoms with E-state index in [1.54, 1.807) is 73.8 Å². The Balaban J connectivity index is 1.11. The van der Waals surface area contributed by atoms with E-state index in [9.17, 15) is 22.8 Å². The second kappa shape index (κ2) is 15.0. The maximum atomic E-state index is 13.6. The Labute approximate surface area is 302 Å². The molecule has 0 bridgehead atoms. The van der Waals surface area contributed by atoms with Gasteiger partial charge in [0.05, 0.1) is 5.56 Å². The second-order valence-corrected chi connectivity index (χ2v) is 11.3. The van der Waals surface area contributed by atoms with Crippen LogP contribution < -0.4 is 16.0 Å². The molecule has 7 rings (SSSR count). The summed E-state index contributed by atoms with van der Waals surface area (Å²) in [6.07, 6.45) is -0.550. The Hall–Kier alpha value is -7.57. The lowest BCUT2D eigenvalue weighted by Gasteiger charge is -2.13. The molecule has 0 unspecified atom stereocenters. The number of benzene rings is 1. The summed E-state index contributed by atoms with van der Waals surface area (Å²) in [5.74, 6) is -0.794. The lowest BCUT2D eigenvalue weighted by molar-refractivity contribution is -0.138. The highest BCUT2D eigenvalue weighted by atomic mass is 19.4. The summed E-state index contributed by atoms with van der Waals surface area (Å²) in [4.78, 5) is 64.3. The summed E-state index contributed by atoms with van der Waals surface area (Å²) >= 11 is 0. The van der Waals surface area contributed by atoms with Crippen LogP contribution in [0.25, 0.3) is 23.0 Å². The number of aromatic nitrogens is 11. The Morgan fingerprint density at radius 3 is 2.06 bits per heavy atom. The number of hydrogen-bond donors (Lipinski definition) is 4. The summed E-state index contributed by atoms with van der Waals surface area (Å²) < 4.78 is 40.9. The van der Waals surface area contributed by atoms with Crippen LogP contribution in [0.3, 0.4) is 0 Å². The van der Waals surface area contributed by atoms with Crippen LogP contribution in [0, 0.1) is 6.92 Å². The van der Waals surface area contributed by atoms with Crippen LogP contribution in [-0.4, -0.2) is 66.9 Å². The van der Waals surface area contributed by atoms with Crippen molar-refractivity contribution in [1.29, 1.82) is 0 Å². The summed E-state index contributed by atoms with van der Waals surface area (Å²) in [5.41, 5.74) is 0.125. The molecular weight excluding hydrogens is 705 g/mol. The van der Waals surface area contributed by atoms with Crippen LogP contribution in [0.2, 0.25) is 0 Å². The Bertz CT molecular complexity index is 2460. The zero-order valence-corrected chi connectivity index (χ0v) is 27.9. The number of hydrogen-bond acceptors (Lipinski definition) is 13. The number of aromatic amines is 1. The first-order valence-corrected chi connectivity index (χ1v) is 15.9. The van der Waals surface area contributed by atoms with Crippen LogP contribution in [0.15, 0.2) is 97.5 Å². The molecule has 0 fully saturated rings.